The molecule has 0 aromatic heterocycles. The highest BCUT2D eigenvalue weighted by Crippen LogP contribution is 2.25. The van der Waals surface area contributed by atoms with Gasteiger partial charge in [-0.3, -0.25) is 10.1 Å². The van der Waals surface area contributed by atoms with Crippen molar-refractivity contribution in [3.63, 3.8) is 0 Å². The monoisotopic (exact) mass is 490 g/mol. The van der Waals surface area contributed by atoms with Gasteiger partial charge in [0.1, 0.15) is 18.1 Å². The normalized spacial score (nSPS) is 10.2. The van der Waals surface area contributed by atoms with Gasteiger partial charge in [-0.15, -0.1) is 0 Å². The summed E-state index contributed by atoms with van der Waals surface area (Å²) in [7, 11) is 0. The van der Waals surface area contributed by atoms with Crippen molar-refractivity contribution in [2.45, 2.75) is 32.6 Å². The number of hydrogen-bond donors (Lipinski definition) is 2. The van der Waals surface area contributed by atoms with E-state index in [9.17, 15) is 4.79 Å². The maximum absolute atomic E-state index is 12.8. The molecule has 0 radical (unpaired) electrons. The Morgan fingerprint density at radius 1 is 1.13 bits per heavy atom. The molecule has 2 aromatic rings. The number of nitrogens with one attached hydrogen (secondary N) is 2. The Labute approximate surface area is 192 Å². The number of unbranched alkanes of at least 4 members (excludes halogenated alkanes) is 3. The van der Waals surface area contributed by atoms with Gasteiger partial charge in [0.2, 0.25) is 0 Å². The van der Waals surface area contributed by atoms with Crippen LogP contribution in [0.5, 0.6) is 11.5 Å². The minimum atomic E-state index is -0.346. The first-order valence-corrected chi connectivity index (χ1v) is 11.1. The van der Waals surface area contributed by atoms with Gasteiger partial charge in [-0.1, -0.05) is 66.9 Å². The molecule has 2 N–H and O–H groups in total. The van der Waals surface area contributed by atoms with Crippen molar-refractivity contribution in [2.24, 2.45) is 0 Å². The second-order valence-electron chi connectivity index (χ2n) is 6.55. The van der Waals surface area contributed by atoms with Crippen LogP contribution in [-0.4, -0.2) is 24.2 Å². The second-order valence-corrected chi connectivity index (χ2v) is 7.88. The number of carbonyl (C=O) groups is 1. The summed E-state index contributed by atoms with van der Waals surface area (Å²) in [6.45, 7) is 6.75. The zero-order valence-electron chi connectivity index (χ0n) is 17.1. The van der Waals surface area contributed by atoms with Crippen molar-refractivity contribution in [1.29, 1.82) is 0 Å². The van der Waals surface area contributed by atoms with Crippen LogP contribution in [0.4, 0.5) is 5.69 Å². The molecule has 0 aliphatic rings. The van der Waals surface area contributed by atoms with E-state index < -0.39 is 0 Å². The Morgan fingerprint density at radius 2 is 1.93 bits per heavy atom. The molecule has 160 valence electrons. The van der Waals surface area contributed by atoms with E-state index in [1.54, 1.807) is 18.2 Å². The van der Waals surface area contributed by atoms with Crippen LogP contribution in [0.3, 0.4) is 0 Å². The van der Waals surface area contributed by atoms with Gasteiger partial charge in [-0.05, 0) is 49.0 Å². The number of halogens is 1. The highest BCUT2D eigenvalue weighted by molar-refractivity contribution is 9.10. The van der Waals surface area contributed by atoms with Crippen molar-refractivity contribution in [3.8, 4) is 11.5 Å². The molecule has 0 aliphatic carbocycles. The molecule has 2 rings (SSSR count). The topological polar surface area (TPSA) is 59.6 Å². The molecule has 0 atom stereocenters. The predicted octanol–water partition coefficient (Wildman–Crippen LogP) is 6.10. The van der Waals surface area contributed by atoms with Crippen LogP contribution < -0.4 is 20.1 Å². The smallest absolute Gasteiger partial charge is 0.261 e. The maximum Gasteiger partial charge on any atom is 0.261 e. The summed E-state index contributed by atoms with van der Waals surface area (Å²) < 4.78 is 12.2. The Morgan fingerprint density at radius 3 is 2.70 bits per heavy atom. The average molecular weight is 491 g/mol. The first-order valence-electron chi connectivity index (χ1n) is 9.92. The van der Waals surface area contributed by atoms with Gasteiger partial charge in [0.15, 0.2) is 5.11 Å². The number of benzene rings is 2. The highest BCUT2D eigenvalue weighted by Gasteiger charge is 2.15. The molecule has 0 unspecified atom stereocenters. The molecule has 0 saturated carbocycles. The largest absolute Gasteiger partial charge is 0.493 e. The predicted molar refractivity (Wildman–Crippen MR) is 130 cm³/mol. The van der Waals surface area contributed by atoms with Gasteiger partial charge >= 0.3 is 0 Å². The van der Waals surface area contributed by atoms with Gasteiger partial charge in [-0.2, -0.15) is 0 Å². The number of anilines is 1. The number of ether oxygens (including phenoxy) is 2. The lowest BCUT2D eigenvalue weighted by atomic mass is 10.2. The van der Waals surface area contributed by atoms with Gasteiger partial charge in [-0.25, -0.2) is 0 Å². The molecule has 1 amide bonds. The molecule has 0 spiro atoms. The minimum absolute atomic E-state index is 0.170. The fourth-order valence-electron chi connectivity index (χ4n) is 2.68. The highest BCUT2D eigenvalue weighted by atomic mass is 79.9. The standard InChI is InChI=1S/C23H27BrN2O3S/c1-3-5-6-9-15-29-20-13-12-17(24)16-18(20)22(27)26-23(30)25-19-10-7-8-11-21(19)28-14-4-2/h4,7-8,10-13,16H,2-3,5-6,9,14-15H2,1H3,(H2,25,26,27,30). The Kier molecular flexibility index (Phi) is 10.4. The van der Waals surface area contributed by atoms with E-state index in [4.69, 9.17) is 21.7 Å². The summed E-state index contributed by atoms with van der Waals surface area (Å²) in [5, 5.41) is 5.89. The number of rotatable bonds is 11. The lowest BCUT2D eigenvalue weighted by Crippen LogP contribution is -2.34. The van der Waals surface area contributed by atoms with Gasteiger partial charge in [0, 0.05) is 4.47 Å². The number of hydrogen-bond acceptors (Lipinski definition) is 4. The van der Waals surface area contributed by atoms with E-state index in [1.807, 2.05) is 30.3 Å². The number of thiocarbonyl (C=S) groups is 1. The quantitative estimate of drug-likeness (QED) is 0.226. The third-order valence-corrected chi connectivity index (χ3v) is 4.86. The molecule has 0 aliphatic heterocycles. The Bertz CT molecular complexity index is 873. The van der Waals surface area contributed by atoms with Crippen molar-refractivity contribution in [3.05, 3.63) is 65.2 Å². The molecule has 2 aromatic carbocycles. The third-order valence-electron chi connectivity index (χ3n) is 4.16. The minimum Gasteiger partial charge on any atom is -0.493 e. The van der Waals surface area contributed by atoms with E-state index >= 15 is 0 Å². The first-order chi connectivity index (χ1) is 14.5. The van der Waals surface area contributed by atoms with Gasteiger partial charge in [0.25, 0.3) is 5.91 Å². The SMILES string of the molecule is C=CCOc1ccccc1NC(=S)NC(=O)c1cc(Br)ccc1OCCCCCC. The summed E-state index contributed by atoms with van der Waals surface area (Å²) in [6.07, 6.45) is 6.06. The summed E-state index contributed by atoms with van der Waals surface area (Å²) >= 11 is 8.74. The van der Waals surface area contributed by atoms with Crippen LogP contribution in [0.2, 0.25) is 0 Å². The Balaban J connectivity index is 2.02. The molecular formula is C23H27BrN2O3S. The van der Waals surface area contributed by atoms with E-state index in [-0.39, 0.29) is 11.0 Å². The van der Waals surface area contributed by atoms with Crippen molar-refractivity contribution in [2.75, 3.05) is 18.5 Å². The van der Waals surface area contributed by atoms with Gasteiger partial charge < -0.3 is 14.8 Å². The molecular weight excluding hydrogens is 464 g/mol. The lowest BCUT2D eigenvalue weighted by Gasteiger charge is -2.15. The molecule has 0 bridgehead atoms. The molecule has 0 heterocycles. The van der Waals surface area contributed by atoms with E-state index in [0.29, 0.717) is 36.0 Å². The molecule has 5 nitrogen and oxygen atoms in total. The van der Waals surface area contributed by atoms with E-state index in [0.717, 1.165) is 23.7 Å². The summed E-state index contributed by atoms with van der Waals surface area (Å²) in [5.74, 6) is 0.805. The number of amides is 1. The van der Waals surface area contributed by atoms with E-state index in [2.05, 4.69) is 40.1 Å². The fraction of sp³-hybridized carbons (Fsp3) is 0.304. The van der Waals surface area contributed by atoms with Crippen LogP contribution in [0.25, 0.3) is 0 Å². The first kappa shape index (κ1) is 23.9. The van der Waals surface area contributed by atoms with Crippen molar-refractivity contribution in [1.82, 2.24) is 5.32 Å². The molecule has 30 heavy (non-hydrogen) atoms. The van der Waals surface area contributed by atoms with Crippen LogP contribution in [0, 0.1) is 0 Å². The third kappa shape index (κ3) is 7.80. The zero-order valence-corrected chi connectivity index (χ0v) is 19.5. The van der Waals surface area contributed by atoms with Crippen LogP contribution in [0.15, 0.2) is 59.6 Å². The van der Waals surface area contributed by atoms with E-state index in [1.165, 1.54) is 6.42 Å². The lowest BCUT2D eigenvalue weighted by molar-refractivity contribution is 0.0973. The van der Waals surface area contributed by atoms with Crippen LogP contribution >= 0.6 is 28.1 Å². The second kappa shape index (κ2) is 13.0. The number of para-hydroxylation sites is 2. The van der Waals surface area contributed by atoms with Crippen molar-refractivity contribution >= 4 is 44.9 Å². The van der Waals surface area contributed by atoms with Crippen LogP contribution in [0.1, 0.15) is 43.0 Å². The molecule has 0 saturated heterocycles. The average Bonchev–Trinajstić information content (AvgIpc) is 2.73. The number of carbonyl (C=O) groups excluding carboxylic acids is 1. The fourth-order valence-corrected chi connectivity index (χ4v) is 3.25. The summed E-state index contributed by atoms with van der Waals surface area (Å²) in [5.41, 5.74) is 1.08. The zero-order chi connectivity index (χ0) is 21.8. The molecule has 0 fully saturated rings. The van der Waals surface area contributed by atoms with Crippen molar-refractivity contribution < 1.29 is 14.3 Å². The van der Waals surface area contributed by atoms with Gasteiger partial charge in [0.05, 0.1) is 17.9 Å². The Hall–Kier alpha value is -2.38. The molecule has 7 heteroatoms. The summed E-state index contributed by atoms with van der Waals surface area (Å²) in [4.78, 5) is 12.8. The maximum atomic E-state index is 12.8. The summed E-state index contributed by atoms with van der Waals surface area (Å²) in [6, 6.07) is 12.7. The van der Waals surface area contributed by atoms with Crippen LogP contribution in [-0.2, 0) is 0 Å².